The molecule has 0 aliphatic carbocycles. The molecule has 1 N–H and O–H groups in total. The molecule has 0 spiro atoms. The lowest BCUT2D eigenvalue weighted by molar-refractivity contribution is 0.0498. The van der Waals surface area contributed by atoms with E-state index in [4.69, 9.17) is 4.74 Å². The standard InChI is InChI=1S/C16H27N3O/c1-12(2)18-9-14-5-7-17-10-15(14)19-8-6-13(3)16(11-19)20-4/h5,7,10,12-13,16,18H,6,8-9,11H2,1-4H3. The van der Waals surface area contributed by atoms with Gasteiger partial charge in [-0.1, -0.05) is 20.8 Å². The van der Waals surface area contributed by atoms with Crippen LogP contribution in [0.15, 0.2) is 18.5 Å². The molecular formula is C16H27N3O. The summed E-state index contributed by atoms with van der Waals surface area (Å²) in [5.41, 5.74) is 2.56. The molecule has 0 aromatic carbocycles. The molecule has 20 heavy (non-hydrogen) atoms. The first kappa shape index (κ1) is 15.3. The first-order valence-electron chi connectivity index (χ1n) is 7.55. The monoisotopic (exact) mass is 277 g/mol. The average molecular weight is 277 g/mol. The van der Waals surface area contributed by atoms with Crippen LogP contribution in [0.25, 0.3) is 0 Å². The van der Waals surface area contributed by atoms with Crippen LogP contribution in [-0.4, -0.2) is 37.3 Å². The maximum absolute atomic E-state index is 5.62. The fourth-order valence-corrected chi connectivity index (χ4v) is 2.72. The number of piperidine rings is 1. The van der Waals surface area contributed by atoms with Gasteiger partial charge < -0.3 is 15.0 Å². The van der Waals surface area contributed by atoms with Crippen LogP contribution in [0, 0.1) is 5.92 Å². The number of nitrogens with one attached hydrogen (secondary N) is 1. The minimum atomic E-state index is 0.315. The van der Waals surface area contributed by atoms with Crippen molar-refractivity contribution >= 4 is 5.69 Å². The van der Waals surface area contributed by atoms with Crippen molar-refractivity contribution in [3.8, 4) is 0 Å². The van der Waals surface area contributed by atoms with Crippen molar-refractivity contribution in [2.45, 2.75) is 45.9 Å². The number of anilines is 1. The number of rotatable bonds is 5. The van der Waals surface area contributed by atoms with E-state index in [-0.39, 0.29) is 0 Å². The molecule has 4 nitrogen and oxygen atoms in total. The zero-order valence-corrected chi connectivity index (χ0v) is 13.1. The molecule has 0 bridgehead atoms. The molecule has 1 aliphatic heterocycles. The predicted octanol–water partition coefficient (Wildman–Crippen LogP) is 2.44. The second-order valence-corrected chi connectivity index (χ2v) is 6.03. The highest BCUT2D eigenvalue weighted by atomic mass is 16.5. The first-order chi connectivity index (χ1) is 9.61. The minimum absolute atomic E-state index is 0.315. The summed E-state index contributed by atoms with van der Waals surface area (Å²) in [4.78, 5) is 6.72. The highest BCUT2D eigenvalue weighted by Gasteiger charge is 2.27. The van der Waals surface area contributed by atoms with Crippen LogP contribution in [0.3, 0.4) is 0 Å². The maximum Gasteiger partial charge on any atom is 0.0772 e. The molecule has 2 heterocycles. The Kier molecular flexibility index (Phi) is 5.38. The molecule has 2 rings (SSSR count). The van der Waals surface area contributed by atoms with Gasteiger partial charge in [0.2, 0.25) is 0 Å². The van der Waals surface area contributed by atoms with Crippen molar-refractivity contribution in [3.63, 3.8) is 0 Å². The van der Waals surface area contributed by atoms with E-state index in [2.05, 4.69) is 42.0 Å². The normalized spacial score (nSPS) is 23.4. The number of pyridine rings is 1. The van der Waals surface area contributed by atoms with Gasteiger partial charge >= 0.3 is 0 Å². The molecular weight excluding hydrogens is 250 g/mol. The molecule has 1 aliphatic rings. The quantitative estimate of drug-likeness (QED) is 0.897. The number of hydrogen-bond donors (Lipinski definition) is 1. The second kappa shape index (κ2) is 7.04. The summed E-state index contributed by atoms with van der Waals surface area (Å²) in [7, 11) is 1.81. The van der Waals surface area contributed by atoms with Crippen molar-refractivity contribution in [1.82, 2.24) is 10.3 Å². The Morgan fingerprint density at radius 3 is 3.00 bits per heavy atom. The second-order valence-electron chi connectivity index (χ2n) is 6.03. The molecule has 2 unspecified atom stereocenters. The number of nitrogens with zero attached hydrogens (tertiary/aromatic N) is 2. The van der Waals surface area contributed by atoms with Crippen molar-refractivity contribution in [2.75, 3.05) is 25.1 Å². The lowest BCUT2D eigenvalue weighted by atomic mass is 9.95. The summed E-state index contributed by atoms with van der Waals surface area (Å²) in [5.74, 6) is 0.630. The zero-order valence-electron chi connectivity index (χ0n) is 13.1. The number of hydrogen-bond acceptors (Lipinski definition) is 4. The smallest absolute Gasteiger partial charge is 0.0772 e. The fraction of sp³-hybridized carbons (Fsp3) is 0.688. The average Bonchev–Trinajstić information content (AvgIpc) is 2.46. The van der Waals surface area contributed by atoms with Gasteiger partial charge in [0, 0.05) is 39.0 Å². The summed E-state index contributed by atoms with van der Waals surface area (Å²) in [6, 6.07) is 2.61. The van der Waals surface area contributed by atoms with Crippen LogP contribution in [-0.2, 0) is 11.3 Å². The molecule has 2 atom stereocenters. The van der Waals surface area contributed by atoms with Crippen LogP contribution in [0.5, 0.6) is 0 Å². The van der Waals surface area contributed by atoms with Crippen LogP contribution >= 0.6 is 0 Å². The number of methoxy groups -OCH3 is 1. The van der Waals surface area contributed by atoms with Crippen LogP contribution in [0.1, 0.15) is 32.8 Å². The van der Waals surface area contributed by atoms with Gasteiger partial charge in [-0.25, -0.2) is 0 Å². The van der Waals surface area contributed by atoms with E-state index in [0.717, 1.165) is 19.6 Å². The molecule has 0 saturated carbocycles. The summed E-state index contributed by atoms with van der Waals surface area (Å²) in [5, 5.41) is 3.49. The van der Waals surface area contributed by atoms with Crippen LogP contribution < -0.4 is 10.2 Å². The van der Waals surface area contributed by atoms with Gasteiger partial charge in [-0.15, -0.1) is 0 Å². The van der Waals surface area contributed by atoms with Gasteiger partial charge in [-0.05, 0) is 24.0 Å². The minimum Gasteiger partial charge on any atom is -0.379 e. The van der Waals surface area contributed by atoms with E-state index in [1.54, 1.807) is 0 Å². The molecule has 112 valence electrons. The summed E-state index contributed by atoms with van der Waals surface area (Å²) < 4.78 is 5.62. The Morgan fingerprint density at radius 1 is 1.50 bits per heavy atom. The van der Waals surface area contributed by atoms with Gasteiger partial charge in [0.25, 0.3) is 0 Å². The van der Waals surface area contributed by atoms with Crippen LogP contribution in [0.2, 0.25) is 0 Å². The SMILES string of the molecule is COC1CN(c2cnccc2CNC(C)C)CCC1C. The third-order valence-corrected chi connectivity index (χ3v) is 4.12. The van der Waals surface area contributed by atoms with Crippen molar-refractivity contribution in [1.29, 1.82) is 0 Å². The van der Waals surface area contributed by atoms with E-state index >= 15 is 0 Å². The van der Waals surface area contributed by atoms with Crippen molar-refractivity contribution in [2.24, 2.45) is 5.92 Å². The van der Waals surface area contributed by atoms with Gasteiger partial charge in [0.05, 0.1) is 18.0 Å². The molecule has 0 radical (unpaired) electrons. The molecule has 1 aromatic rings. The zero-order chi connectivity index (χ0) is 14.5. The summed E-state index contributed by atoms with van der Waals surface area (Å²) >= 11 is 0. The van der Waals surface area contributed by atoms with E-state index in [1.165, 1.54) is 17.7 Å². The summed E-state index contributed by atoms with van der Waals surface area (Å²) in [6.07, 6.45) is 5.35. The van der Waals surface area contributed by atoms with Gasteiger partial charge in [0.15, 0.2) is 0 Å². The molecule has 1 saturated heterocycles. The van der Waals surface area contributed by atoms with E-state index < -0.39 is 0 Å². The Morgan fingerprint density at radius 2 is 2.30 bits per heavy atom. The Balaban J connectivity index is 2.11. The highest BCUT2D eigenvalue weighted by molar-refractivity contribution is 5.52. The Bertz CT molecular complexity index is 422. The highest BCUT2D eigenvalue weighted by Crippen LogP contribution is 2.26. The lowest BCUT2D eigenvalue weighted by Crippen LogP contribution is -2.44. The molecule has 1 aromatic heterocycles. The third-order valence-electron chi connectivity index (χ3n) is 4.12. The third kappa shape index (κ3) is 3.70. The maximum atomic E-state index is 5.62. The van der Waals surface area contributed by atoms with Gasteiger partial charge in [-0.3, -0.25) is 4.98 Å². The first-order valence-corrected chi connectivity index (χ1v) is 7.55. The number of ether oxygens (including phenoxy) is 1. The molecule has 4 heteroatoms. The largest absolute Gasteiger partial charge is 0.379 e. The Labute approximate surface area is 122 Å². The fourth-order valence-electron chi connectivity index (χ4n) is 2.72. The van der Waals surface area contributed by atoms with Crippen LogP contribution in [0.4, 0.5) is 5.69 Å². The Hall–Kier alpha value is -1.13. The topological polar surface area (TPSA) is 37.4 Å². The van der Waals surface area contributed by atoms with Gasteiger partial charge in [0.1, 0.15) is 0 Å². The molecule has 0 amide bonds. The summed E-state index contributed by atoms with van der Waals surface area (Å²) in [6.45, 7) is 9.55. The van der Waals surface area contributed by atoms with E-state index in [0.29, 0.717) is 18.1 Å². The van der Waals surface area contributed by atoms with E-state index in [9.17, 15) is 0 Å². The van der Waals surface area contributed by atoms with E-state index in [1.807, 2.05) is 19.5 Å². The van der Waals surface area contributed by atoms with Gasteiger partial charge in [-0.2, -0.15) is 0 Å². The lowest BCUT2D eigenvalue weighted by Gasteiger charge is -2.38. The van der Waals surface area contributed by atoms with Crippen molar-refractivity contribution in [3.05, 3.63) is 24.0 Å². The number of aromatic nitrogens is 1. The van der Waals surface area contributed by atoms with Crippen molar-refractivity contribution < 1.29 is 4.74 Å². The molecule has 1 fully saturated rings. The predicted molar refractivity (Wildman–Crippen MR) is 83.0 cm³/mol.